The zero-order valence-corrected chi connectivity index (χ0v) is 26.3. The molecule has 10 heteroatoms. The molecule has 0 aliphatic carbocycles. The maximum atomic E-state index is 14.1. The number of carbonyl (C=O) groups is 2. The third kappa shape index (κ3) is 8.61. The van der Waals surface area contributed by atoms with Crippen molar-refractivity contribution in [1.29, 1.82) is 0 Å². The second kappa shape index (κ2) is 15.4. The van der Waals surface area contributed by atoms with Gasteiger partial charge in [-0.05, 0) is 79.6 Å². The lowest BCUT2D eigenvalue weighted by Crippen LogP contribution is -2.51. The first kappa shape index (κ1) is 32.6. The van der Waals surface area contributed by atoms with Gasteiger partial charge in [-0.1, -0.05) is 73.5 Å². The molecule has 44 heavy (non-hydrogen) atoms. The molecule has 0 radical (unpaired) electrons. The third-order valence-corrected chi connectivity index (χ3v) is 8.98. The molecule has 0 bridgehead atoms. The Bertz CT molecular complexity index is 1630. The zero-order chi connectivity index (χ0) is 31.5. The van der Waals surface area contributed by atoms with Crippen molar-refractivity contribution < 1.29 is 22.7 Å². The standard InChI is InChI=1S/C34H36ClN3O5S/c1-3-4-22-36-34(40)26(2)37(24-27-12-11-13-28(35)23-27)33(39)25-38(44(41,42)32-16-9-6-10-17-32)29-18-20-31(21-19-29)43-30-14-7-5-8-15-30/h5-21,23,26H,3-4,22,24-25H2,1-2H3,(H,36,40). The van der Waals surface area contributed by atoms with E-state index in [-0.39, 0.29) is 23.0 Å². The van der Waals surface area contributed by atoms with Crippen LogP contribution in [-0.2, 0) is 26.2 Å². The lowest BCUT2D eigenvalue weighted by Gasteiger charge is -2.32. The molecule has 0 aromatic heterocycles. The average molecular weight is 634 g/mol. The first-order valence-corrected chi connectivity index (χ1v) is 16.2. The lowest BCUT2D eigenvalue weighted by molar-refractivity contribution is -0.139. The summed E-state index contributed by atoms with van der Waals surface area (Å²) in [7, 11) is -4.17. The van der Waals surface area contributed by atoms with Crippen molar-refractivity contribution >= 4 is 39.1 Å². The number of halogens is 1. The number of carbonyl (C=O) groups excluding carboxylic acids is 2. The van der Waals surface area contributed by atoms with Crippen LogP contribution in [0, 0.1) is 0 Å². The maximum absolute atomic E-state index is 14.1. The molecule has 8 nitrogen and oxygen atoms in total. The van der Waals surface area contributed by atoms with Crippen LogP contribution in [0.25, 0.3) is 0 Å². The van der Waals surface area contributed by atoms with E-state index in [0.29, 0.717) is 28.6 Å². The molecule has 4 aromatic rings. The Labute approximate surface area is 264 Å². The monoisotopic (exact) mass is 633 g/mol. The summed E-state index contributed by atoms with van der Waals surface area (Å²) in [6.45, 7) is 3.65. The second-order valence-corrected chi connectivity index (χ2v) is 12.5. The largest absolute Gasteiger partial charge is 0.457 e. The number of ether oxygens (including phenoxy) is 1. The number of rotatable bonds is 14. The van der Waals surface area contributed by atoms with Crippen LogP contribution in [0.15, 0.2) is 114 Å². The Hall–Kier alpha value is -4.34. The van der Waals surface area contributed by atoms with Gasteiger partial charge in [0.25, 0.3) is 10.0 Å². The van der Waals surface area contributed by atoms with Crippen molar-refractivity contribution in [2.24, 2.45) is 0 Å². The summed E-state index contributed by atoms with van der Waals surface area (Å²) < 4.78 is 34.9. The molecule has 1 unspecified atom stereocenters. The molecule has 2 amide bonds. The van der Waals surface area contributed by atoms with Gasteiger partial charge in [0.2, 0.25) is 11.8 Å². The van der Waals surface area contributed by atoms with Crippen LogP contribution in [0.3, 0.4) is 0 Å². The molecule has 0 fully saturated rings. The number of unbranched alkanes of at least 4 members (excludes halogenated alkanes) is 1. The fraction of sp³-hybridized carbons (Fsp3) is 0.235. The van der Waals surface area contributed by atoms with Crippen LogP contribution in [0.2, 0.25) is 5.02 Å². The number of nitrogens with one attached hydrogen (secondary N) is 1. The zero-order valence-electron chi connectivity index (χ0n) is 24.7. The van der Waals surface area contributed by atoms with E-state index in [0.717, 1.165) is 17.1 Å². The van der Waals surface area contributed by atoms with Crippen LogP contribution in [0.4, 0.5) is 5.69 Å². The summed E-state index contributed by atoms with van der Waals surface area (Å²) in [6.07, 6.45) is 1.70. The predicted molar refractivity (Wildman–Crippen MR) is 173 cm³/mol. The molecule has 0 aliphatic rings. The van der Waals surface area contributed by atoms with Crippen LogP contribution < -0.4 is 14.4 Å². The molecule has 4 rings (SSSR count). The van der Waals surface area contributed by atoms with Crippen molar-refractivity contribution in [1.82, 2.24) is 10.2 Å². The molecule has 1 atom stereocenters. The first-order chi connectivity index (χ1) is 21.2. The molecule has 0 saturated heterocycles. The van der Waals surface area contributed by atoms with Gasteiger partial charge in [0.15, 0.2) is 0 Å². The normalized spacial score (nSPS) is 11.8. The summed E-state index contributed by atoms with van der Waals surface area (Å²) in [5.41, 5.74) is 0.976. The summed E-state index contributed by atoms with van der Waals surface area (Å²) in [4.78, 5) is 28.6. The first-order valence-electron chi connectivity index (χ1n) is 14.4. The second-order valence-electron chi connectivity index (χ2n) is 10.2. The van der Waals surface area contributed by atoms with E-state index in [1.54, 1.807) is 73.7 Å². The van der Waals surface area contributed by atoms with Gasteiger partial charge in [-0.2, -0.15) is 0 Å². The molecule has 0 heterocycles. The number of hydrogen-bond acceptors (Lipinski definition) is 5. The van der Waals surface area contributed by atoms with Crippen molar-refractivity contribution in [3.63, 3.8) is 0 Å². The van der Waals surface area contributed by atoms with Gasteiger partial charge in [-0.25, -0.2) is 8.42 Å². The molecular weight excluding hydrogens is 598 g/mol. The molecule has 0 saturated carbocycles. The Morgan fingerprint density at radius 3 is 2.14 bits per heavy atom. The van der Waals surface area contributed by atoms with E-state index in [4.69, 9.17) is 16.3 Å². The van der Waals surface area contributed by atoms with Gasteiger partial charge in [0.05, 0.1) is 10.6 Å². The van der Waals surface area contributed by atoms with Crippen molar-refractivity contribution in [2.75, 3.05) is 17.4 Å². The van der Waals surface area contributed by atoms with E-state index < -0.39 is 28.5 Å². The highest BCUT2D eigenvalue weighted by atomic mass is 35.5. The number of amides is 2. The summed E-state index contributed by atoms with van der Waals surface area (Å²) >= 11 is 6.21. The Morgan fingerprint density at radius 2 is 1.50 bits per heavy atom. The Balaban J connectivity index is 1.67. The van der Waals surface area contributed by atoms with E-state index in [1.807, 2.05) is 37.3 Å². The average Bonchev–Trinajstić information content (AvgIpc) is 3.03. The Morgan fingerprint density at radius 1 is 0.864 bits per heavy atom. The number of para-hydroxylation sites is 1. The van der Waals surface area contributed by atoms with Gasteiger partial charge in [-0.3, -0.25) is 13.9 Å². The minimum atomic E-state index is -4.17. The maximum Gasteiger partial charge on any atom is 0.264 e. The highest BCUT2D eigenvalue weighted by Gasteiger charge is 2.32. The fourth-order valence-corrected chi connectivity index (χ4v) is 6.15. The summed E-state index contributed by atoms with van der Waals surface area (Å²) in [5.74, 6) is 0.260. The van der Waals surface area contributed by atoms with Crippen LogP contribution >= 0.6 is 11.6 Å². The SMILES string of the molecule is CCCCNC(=O)C(C)N(Cc1cccc(Cl)c1)C(=O)CN(c1ccc(Oc2ccccc2)cc1)S(=O)(=O)c1ccccc1. The van der Waals surface area contributed by atoms with Crippen molar-refractivity contribution in [3.05, 3.63) is 120 Å². The lowest BCUT2D eigenvalue weighted by atomic mass is 10.1. The quantitative estimate of drug-likeness (QED) is 0.157. The molecule has 4 aromatic carbocycles. The number of nitrogens with zero attached hydrogens (tertiary/aromatic N) is 2. The molecule has 0 aliphatic heterocycles. The molecule has 1 N–H and O–H groups in total. The van der Waals surface area contributed by atoms with Gasteiger partial charge < -0.3 is 15.0 Å². The van der Waals surface area contributed by atoms with E-state index in [2.05, 4.69) is 5.32 Å². The topological polar surface area (TPSA) is 96.0 Å². The minimum absolute atomic E-state index is 0.0316. The van der Waals surface area contributed by atoms with E-state index in [1.165, 1.54) is 17.0 Å². The smallest absolute Gasteiger partial charge is 0.264 e. The highest BCUT2D eigenvalue weighted by molar-refractivity contribution is 7.92. The number of anilines is 1. The van der Waals surface area contributed by atoms with E-state index in [9.17, 15) is 18.0 Å². The van der Waals surface area contributed by atoms with Gasteiger partial charge in [-0.15, -0.1) is 0 Å². The van der Waals surface area contributed by atoms with Gasteiger partial charge >= 0.3 is 0 Å². The fourth-order valence-electron chi connectivity index (χ4n) is 4.50. The number of sulfonamides is 1. The van der Waals surface area contributed by atoms with Crippen molar-refractivity contribution in [3.8, 4) is 11.5 Å². The van der Waals surface area contributed by atoms with Crippen molar-refractivity contribution in [2.45, 2.75) is 44.2 Å². The van der Waals surface area contributed by atoms with Crippen LogP contribution in [-0.4, -0.2) is 44.3 Å². The molecule has 0 spiro atoms. The number of benzene rings is 4. The van der Waals surface area contributed by atoms with Crippen LogP contribution in [0.5, 0.6) is 11.5 Å². The summed E-state index contributed by atoms with van der Waals surface area (Å²) in [5, 5.41) is 3.37. The van der Waals surface area contributed by atoms with Gasteiger partial charge in [0.1, 0.15) is 24.1 Å². The highest BCUT2D eigenvalue weighted by Crippen LogP contribution is 2.28. The minimum Gasteiger partial charge on any atom is -0.457 e. The van der Waals surface area contributed by atoms with E-state index >= 15 is 0 Å². The predicted octanol–water partition coefficient (Wildman–Crippen LogP) is 6.66. The molecular formula is C34H36ClN3O5S. The Kier molecular flexibility index (Phi) is 11.4. The van der Waals surface area contributed by atoms with Crippen LogP contribution in [0.1, 0.15) is 32.3 Å². The third-order valence-electron chi connectivity index (χ3n) is 6.95. The van der Waals surface area contributed by atoms with Gasteiger partial charge in [0, 0.05) is 18.1 Å². The number of hydrogen-bond donors (Lipinski definition) is 1. The molecule has 230 valence electrons. The summed E-state index contributed by atoms with van der Waals surface area (Å²) in [6, 6.07) is 29.7.